The number of rotatable bonds is 7. The molecule has 4 atom stereocenters. The van der Waals surface area contributed by atoms with Crippen LogP contribution >= 0.6 is 11.6 Å². The molecule has 1 fully saturated rings. The molecule has 0 radical (unpaired) electrons. The average Bonchev–Trinajstić information content (AvgIpc) is 2.71. The van der Waals surface area contributed by atoms with Crippen LogP contribution < -0.4 is 5.32 Å². The van der Waals surface area contributed by atoms with Crippen LogP contribution in [0.2, 0.25) is 0 Å². The number of nitrogens with zero attached hydrogens (tertiary/aromatic N) is 1. The first-order valence-corrected chi connectivity index (χ1v) is 12.1. The Hall–Kier alpha value is -0.610. The van der Waals surface area contributed by atoms with Crippen molar-refractivity contribution in [3.63, 3.8) is 0 Å². The molecular formula is C25H41ClN2O. The van der Waals surface area contributed by atoms with Gasteiger partial charge in [0.05, 0.1) is 5.38 Å². The van der Waals surface area contributed by atoms with Gasteiger partial charge < -0.3 is 10.4 Å². The molecule has 3 nitrogen and oxygen atoms in total. The van der Waals surface area contributed by atoms with Crippen LogP contribution in [0.4, 0.5) is 0 Å². The van der Waals surface area contributed by atoms with E-state index in [1.54, 1.807) is 11.1 Å². The molecule has 164 valence electrons. The van der Waals surface area contributed by atoms with E-state index in [4.69, 9.17) is 11.6 Å². The summed E-state index contributed by atoms with van der Waals surface area (Å²) in [6.45, 7) is 11.9. The van der Waals surface area contributed by atoms with Crippen molar-refractivity contribution < 1.29 is 5.11 Å². The van der Waals surface area contributed by atoms with Gasteiger partial charge in [0.25, 0.3) is 0 Å². The van der Waals surface area contributed by atoms with Gasteiger partial charge in [-0.25, -0.2) is 0 Å². The van der Waals surface area contributed by atoms with Crippen LogP contribution in [0.1, 0.15) is 66.2 Å². The minimum atomic E-state index is -0.416. The number of alkyl halides is 1. The van der Waals surface area contributed by atoms with E-state index in [2.05, 4.69) is 56.1 Å². The van der Waals surface area contributed by atoms with E-state index >= 15 is 0 Å². The summed E-state index contributed by atoms with van der Waals surface area (Å²) in [5.41, 5.74) is 4.57. The van der Waals surface area contributed by atoms with E-state index in [-0.39, 0.29) is 11.4 Å². The molecule has 0 bridgehead atoms. The highest BCUT2D eigenvalue weighted by Gasteiger charge is 2.32. The number of aliphatic hydroxyl groups excluding tert-OH is 1. The second-order valence-corrected chi connectivity index (χ2v) is 10.5. The molecule has 1 aliphatic heterocycles. The van der Waals surface area contributed by atoms with Crippen LogP contribution in [0.15, 0.2) is 34.9 Å². The normalized spacial score (nSPS) is 29.3. The highest BCUT2D eigenvalue weighted by molar-refractivity contribution is 6.22. The molecule has 4 heteroatoms. The molecule has 2 aliphatic carbocycles. The maximum Gasteiger partial charge on any atom is 0.123 e. The fraction of sp³-hybridized carbons (Fsp3) is 0.760. The summed E-state index contributed by atoms with van der Waals surface area (Å²) in [4.78, 5) is 2.29. The van der Waals surface area contributed by atoms with Crippen molar-refractivity contribution in [2.45, 2.75) is 83.9 Å². The zero-order valence-corrected chi connectivity index (χ0v) is 19.6. The molecule has 2 N–H and O–H groups in total. The predicted octanol–water partition coefficient (Wildman–Crippen LogP) is 5.26. The van der Waals surface area contributed by atoms with Gasteiger partial charge in [0.15, 0.2) is 0 Å². The third-order valence-electron chi connectivity index (χ3n) is 7.25. The van der Waals surface area contributed by atoms with E-state index in [1.165, 1.54) is 24.8 Å². The van der Waals surface area contributed by atoms with Gasteiger partial charge >= 0.3 is 0 Å². The number of hydrogen-bond acceptors (Lipinski definition) is 3. The molecule has 0 aromatic rings. The Bertz CT molecular complexity index is 631. The molecule has 3 aliphatic rings. The Morgan fingerprint density at radius 2 is 1.97 bits per heavy atom. The molecule has 0 aromatic carbocycles. The van der Waals surface area contributed by atoms with Gasteiger partial charge in [-0.3, -0.25) is 4.90 Å². The lowest BCUT2D eigenvalue weighted by atomic mass is 9.85. The minimum Gasteiger partial charge on any atom is -0.377 e. The Morgan fingerprint density at radius 3 is 2.59 bits per heavy atom. The summed E-state index contributed by atoms with van der Waals surface area (Å²) >= 11 is 6.17. The predicted molar refractivity (Wildman–Crippen MR) is 124 cm³/mol. The lowest BCUT2D eigenvalue weighted by molar-refractivity contribution is -0.0484. The largest absolute Gasteiger partial charge is 0.377 e. The van der Waals surface area contributed by atoms with Crippen LogP contribution in [0, 0.1) is 17.8 Å². The number of likely N-dealkylation sites (tertiary alicyclic amines) is 1. The molecule has 0 saturated carbocycles. The van der Waals surface area contributed by atoms with E-state index < -0.39 is 6.23 Å². The van der Waals surface area contributed by atoms with E-state index in [0.29, 0.717) is 11.8 Å². The smallest absolute Gasteiger partial charge is 0.123 e. The highest BCUT2D eigenvalue weighted by atomic mass is 35.5. The van der Waals surface area contributed by atoms with Crippen LogP contribution in [0.3, 0.4) is 0 Å². The molecule has 0 aromatic heterocycles. The number of piperidine rings is 1. The first-order valence-electron chi connectivity index (χ1n) is 11.7. The number of halogens is 1. The van der Waals surface area contributed by atoms with Crippen LogP contribution in [0.5, 0.6) is 0 Å². The van der Waals surface area contributed by atoms with Crippen molar-refractivity contribution in [1.29, 1.82) is 0 Å². The quantitative estimate of drug-likeness (QED) is 0.435. The fourth-order valence-electron chi connectivity index (χ4n) is 5.12. The second kappa shape index (κ2) is 10.6. The summed E-state index contributed by atoms with van der Waals surface area (Å²) < 4.78 is 0. The minimum absolute atomic E-state index is 0.106. The van der Waals surface area contributed by atoms with Crippen LogP contribution in [-0.2, 0) is 0 Å². The lowest BCUT2D eigenvalue weighted by Gasteiger charge is -2.40. The Balaban J connectivity index is 1.53. The molecule has 29 heavy (non-hydrogen) atoms. The van der Waals surface area contributed by atoms with E-state index in [9.17, 15) is 5.11 Å². The molecular weight excluding hydrogens is 380 g/mol. The maximum atomic E-state index is 11.2. The summed E-state index contributed by atoms with van der Waals surface area (Å²) in [5.74, 6) is 1.80. The van der Waals surface area contributed by atoms with Crippen molar-refractivity contribution in [2.75, 3.05) is 19.6 Å². The topological polar surface area (TPSA) is 35.5 Å². The van der Waals surface area contributed by atoms with Gasteiger partial charge in [0.2, 0.25) is 0 Å². The molecule has 0 spiro atoms. The van der Waals surface area contributed by atoms with Gasteiger partial charge in [0, 0.05) is 25.7 Å². The van der Waals surface area contributed by atoms with Crippen molar-refractivity contribution in [1.82, 2.24) is 10.2 Å². The zero-order chi connectivity index (χ0) is 21.0. The first kappa shape index (κ1) is 23.1. The van der Waals surface area contributed by atoms with Gasteiger partial charge in [0.1, 0.15) is 6.23 Å². The number of nitrogens with one attached hydrogen (secondary N) is 1. The summed E-state index contributed by atoms with van der Waals surface area (Å²) in [7, 11) is 0. The Morgan fingerprint density at radius 1 is 1.24 bits per heavy atom. The van der Waals surface area contributed by atoms with Crippen molar-refractivity contribution >= 4 is 11.6 Å². The molecule has 0 amide bonds. The Kier molecular flexibility index (Phi) is 8.44. The van der Waals surface area contributed by atoms with Gasteiger partial charge in [-0.15, -0.1) is 11.6 Å². The zero-order valence-electron chi connectivity index (χ0n) is 18.8. The third kappa shape index (κ3) is 6.19. The fourth-order valence-corrected chi connectivity index (χ4v) is 5.29. The first-order chi connectivity index (χ1) is 13.8. The standard InChI is InChI=1S/C25H41ClN2O/c1-17(2)24(27-16-22-15-18(3)5-6-19(22)4)25(29)28-13-11-21(12-14-28)20-7-9-23(26)10-8-20/h7-9,17-18,21,23-25,27,29H,5-6,10-16H2,1-4H3/t18-,23-,24+,25+/m0/s1. The van der Waals surface area contributed by atoms with Gasteiger partial charge in [-0.2, -0.15) is 0 Å². The molecule has 1 saturated heterocycles. The van der Waals surface area contributed by atoms with Crippen molar-refractivity contribution in [2.24, 2.45) is 17.8 Å². The van der Waals surface area contributed by atoms with Gasteiger partial charge in [-0.05, 0) is 68.8 Å². The van der Waals surface area contributed by atoms with Crippen LogP contribution in [-0.4, -0.2) is 47.3 Å². The SMILES string of the molecule is CC1=C(CN[C@H](C(C)C)[C@@H](O)N2CCC(C3=CC[C@@H](Cl)C=C3)CC2)C[C@@H](C)CC1. The monoisotopic (exact) mass is 420 g/mol. The number of allylic oxidation sites excluding steroid dienone is 5. The van der Waals surface area contributed by atoms with E-state index in [1.807, 2.05) is 0 Å². The third-order valence-corrected chi connectivity index (χ3v) is 7.58. The molecule has 3 rings (SSSR count). The van der Waals surface area contributed by atoms with Gasteiger partial charge in [-0.1, -0.05) is 50.1 Å². The van der Waals surface area contributed by atoms with Crippen LogP contribution in [0.25, 0.3) is 0 Å². The molecule has 1 heterocycles. The summed E-state index contributed by atoms with van der Waals surface area (Å²) in [6, 6.07) is 0.106. The van der Waals surface area contributed by atoms with E-state index in [0.717, 1.165) is 44.8 Å². The summed E-state index contributed by atoms with van der Waals surface area (Å²) in [5, 5.41) is 15.1. The second-order valence-electron chi connectivity index (χ2n) is 9.92. The molecule has 0 unspecified atom stereocenters. The summed E-state index contributed by atoms with van der Waals surface area (Å²) in [6.07, 6.45) is 13.2. The lowest BCUT2D eigenvalue weighted by Crippen LogP contribution is -2.55. The highest BCUT2D eigenvalue weighted by Crippen LogP contribution is 2.31. The van der Waals surface area contributed by atoms with Crippen molar-refractivity contribution in [3.8, 4) is 0 Å². The Labute approximate surface area is 183 Å². The number of hydrogen-bond donors (Lipinski definition) is 2. The average molecular weight is 421 g/mol. The number of aliphatic hydroxyl groups is 1. The maximum absolute atomic E-state index is 11.2. The van der Waals surface area contributed by atoms with Crippen molar-refractivity contribution in [3.05, 3.63) is 34.9 Å².